The van der Waals surface area contributed by atoms with Gasteiger partial charge in [0.1, 0.15) is 0 Å². The lowest BCUT2D eigenvalue weighted by Gasteiger charge is -2.11. The molecule has 0 aromatic heterocycles. The van der Waals surface area contributed by atoms with Gasteiger partial charge in [0.05, 0.1) is 4.99 Å². The van der Waals surface area contributed by atoms with Gasteiger partial charge in [-0.2, -0.15) is 0 Å². The van der Waals surface area contributed by atoms with E-state index in [-0.39, 0.29) is 0 Å². The van der Waals surface area contributed by atoms with Crippen LogP contribution in [0.5, 0.6) is 0 Å². The second-order valence-electron chi connectivity index (χ2n) is 3.12. The third kappa shape index (κ3) is 1.19. The summed E-state index contributed by atoms with van der Waals surface area (Å²) in [6, 6.07) is 0. The average molecular weight is 129 g/mol. The number of thiocarbonyl (C=S) groups is 1. The molecule has 0 amide bonds. The van der Waals surface area contributed by atoms with E-state index in [1.807, 2.05) is 0 Å². The molecule has 8 heavy (non-hydrogen) atoms. The van der Waals surface area contributed by atoms with Crippen LogP contribution in [-0.2, 0) is 0 Å². The zero-order valence-electron chi connectivity index (χ0n) is 5.32. The van der Waals surface area contributed by atoms with Gasteiger partial charge in [-0.3, -0.25) is 0 Å². The average Bonchev–Trinajstić information content (AvgIpc) is 1.82. The summed E-state index contributed by atoms with van der Waals surface area (Å²) in [5.74, 6) is 0. The first-order valence-corrected chi connectivity index (χ1v) is 3.28. The van der Waals surface area contributed by atoms with E-state index in [4.69, 9.17) is 12.2 Å². The second-order valence-corrected chi connectivity index (χ2v) is 3.61. The monoisotopic (exact) mass is 129 g/mol. The van der Waals surface area contributed by atoms with Crippen molar-refractivity contribution in [2.45, 2.75) is 20.3 Å². The molecule has 0 atom stereocenters. The lowest BCUT2D eigenvalue weighted by molar-refractivity contribution is 0.420. The Balaban J connectivity index is 2.56. The van der Waals surface area contributed by atoms with Crippen LogP contribution >= 0.6 is 12.2 Å². The predicted octanol–water partition coefficient (Wildman–Crippen LogP) is 1.33. The largest absolute Gasteiger partial charge is 0.379 e. The first-order valence-electron chi connectivity index (χ1n) is 2.87. The molecule has 2 heteroatoms. The fraction of sp³-hybridized carbons (Fsp3) is 0.833. The van der Waals surface area contributed by atoms with Crippen molar-refractivity contribution in [1.29, 1.82) is 0 Å². The molecule has 0 unspecified atom stereocenters. The van der Waals surface area contributed by atoms with Crippen LogP contribution in [0.15, 0.2) is 0 Å². The quantitative estimate of drug-likeness (QED) is 0.495. The summed E-state index contributed by atoms with van der Waals surface area (Å²) in [7, 11) is 0. The topological polar surface area (TPSA) is 12.0 Å². The second kappa shape index (κ2) is 1.69. The molecular weight excluding hydrogens is 118 g/mol. The Kier molecular flexibility index (Phi) is 1.27. The highest BCUT2D eigenvalue weighted by atomic mass is 32.1. The molecule has 1 N–H and O–H groups in total. The molecule has 1 aliphatic rings. The molecule has 1 heterocycles. The summed E-state index contributed by atoms with van der Waals surface area (Å²) in [4.78, 5) is 1.02. The van der Waals surface area contributed by atoms with Crippen LogP contribution in [0.2, 0.25) is 0 Å². The van der Waals surface area contributed by atoms with Gasteiger partial charge in [0, 0.05) is 13.0 Å². The summed E-state index contributed by atoms with van der Waals surface area (Å²) < 4.78 is 0. The van der Waals surface area contributed by atoms with Crippen LogP contribution in [0.1, 0.15) is 20.3 Å². The van der Waals surface area contributed by atoms with Gasteiger partial charge in [-0.05, 0) is 5.41 Å². The van der Waals surface area contributed by atoms with Gasteiger partial charge in [-0.15, -0.1) is 0 Å². The molecule has 0 aromatic rings. The van der Waals surface area contributed by atoms with Crippen LogP contribution in [0.25, 0.3) is 0 Å². The van der Waals surface area contributed by atoms with E-state index >= 15 is 0 Å². The van der Waals surface area contributed by atoms with Crippen molar-refractivity contribution in [2.75, 3.05) is 6.54 Å². The van der Waals surface area contributed by atoms with E-state index in [0.717, 1.165) is 18.0 Å². The van der Waals surface area contributed by atoms with Crippen LogP contribution in [-0.4, -0.2) is 11.5 Å². The Morgan fingerprint density at radius 3 is 2.38 bits per heavy atom. The minimum absolute atomic E-state index is 0.414. The van der Waals surface area contributed by atoms with Gasteiger partial charge >= 0.3 is 0 Å². The molecule has 46 valence electrons. The highest BCUT2D eigenvalue weighted by molar-refractivity contribution is 7.80. The van der Waals surface area contributed by atoms with Crippen LogP contribution in [0.4, 0.5) is 0 Å². The minimum Gasteiger partial charge on any atom is -0.379 e. The van der Waals surface area contributed by atoms with E-state index in [1.165, 1.54) is 0 Å². The zero-order chi connectivity index (χ0) is 6.20. The molecule has 0 aliphatic carbocycles. The summed E-state index contributed by atoms with van der Waals surface area (Å²) in [6.45, 7) is 5.49. The standard InChI is InChI=1S/C6H11NS/c1-6(2)3-5(8)7-4-6/h3-4H2,1-2H3,(H,7,8). The van der Waals surface area contributed by atoms with E-state index in [0.29, 0.717) is 5.41 Å². The zero-order valence-corrected chi connectivity index (χ0v) is 6.14. The van der Waals surface area contributed by atoms with Crippen molar-refractivity contribution in [1.82, 2.24) is 5.32 Å². The number of rotatable bonds is 0. The Morgan fingerprint density at radius 2 is 2.25 bits per heavy atom. The number of hydrogen-bond acceptors (Lipinski definition) is 1. The first kappa shape index (κ1) is 6.02. The fourth-order valence-corrected chi connectivity index (χ4v) is 1.36. The molecule has 0 spiro atoms. The highest BCUT2D eigenvalue weighted by Gasteiger charge is 2.25. The Labute approximate surface area is 55.5 Å². The summed E-state index contributed by atoms with van der Waals surface area (Å²) in [5.41, 5.74) is 0.414. The molecule has 1 fully saturated rings. The number of hydrogen-bond donors (Lipinski definition) is 1. The minimum atomic E-state index is 0.414. The third-order valence-corrected chi connectivity index (χ3v) is 1.69. The van der Waals surface area contributed by atoms with Crippen molar-refractivity contribution < 1.29 is 0 Å². The maximum absolute atomic E-state index is 4.96. The summed E-state index contributed by atoms with van der Waals surface area (Å²) >= 11 is 4.96. The maximum Gasteiger partial charge on any atom is 0.0759 e. The van der Waals surface area contributed by atoms with E-state index in [1.54, 1.807) is 0 Å². The van der Waals surface area contributed by atoms with Crippen molar-refractivity contribution >= 4 is 17.2 Å². The van der Waals surface area contributed by atoms with Gasteiger partial charge in [0.25, 0.3) is 0 Å². The van der Waals surface area contributed by atoms with Crippen LogP contribution < -0.4 is 5.32 Å². The van der Waals surface area contributed by atoms with Crippen molar-refractivity contribution in [3.63, 3.8) is 0 Å². The molecule has 0 bridgehead atoms. The Hall–Kier alpha value is -0.110. The first-order chi connectivity index (χ1) is 3.60. The van der Waals surface area contributed by atoms with E-state index in [9.17, 15) is 0 Å². The lowest BCUT2D eigenvalue weighted by Crippen LogP contribution is -2.16. The van der Waals surface area contributed by atoms with Crippen molar-refractivity contribution in [2.24, 2.45) is 5.41 Å². The van der Waals surface area contributed by atoms with Gasteiger partial charge in [0.2, 0.25) is 0 Å². The highest BCUT2D eigenvalue weighted by Crippen LogP contribution is 2.23. The summed E-state index contributed by atoms with van der Waals surface area (Å²) in [5, 5.41) is 3.14. The normalized spacial score (nSPS) is 25.5. The maximum atomic E-state index is 4.96. The van der Waals surface area contributed by atoms with Gasteiger partial charge in [0.15, 0.2) is 0 Å². The molecule has 0 radical (unpaired) electrons. The lowest BCUT2D eigenvalue weighted by atomic mass is 9.93. The molecule has 1 saturated heterocycles. The fourth-order valence-electron chi connectivity index (χ4n) is 0.898. The molecule has 1 aliphatic heterocycles. The molecule has 1 rings (SSSR count). The van der Waals surface area contributed by atoms with Gasteiger partial charge in [-0.25, -0.2) is 0 Å². The molecule has 0 aromatic carbocycles. The van der Waals surface area contributed by atoms with Crippen molar-refractivity contribution in [3.05, 3.63) is 0 Å². The van der Waals surface area contributed by atoms with Crippen LogP contribution in [0, 0.1) is 5.41 Å². The van der Waals surface area contributed by atoms with Crippen molar-refractivity contribution in [3.8, 4) is 0 Å². The van der Waals surface area contributed by atoms with Gasteiger partial charge < -0.3 is 5.32 Å². The predicted molar refractivity (Wildman–Crippen MR) is 39.0 cm³/mol. The smallest absolute Gasteiger partial charge is 0.0759 e. The Morgan fingerprint density at radius 1 is 1.62 bits per heavy atom. The molecule has 0 saturated carbocycles. The molecule has 1 nitrogen and oxygen atoms in total. The number of nitrogens with one attached hydrogen (secondary N) is 1. The molecular formula is C6H11NS. The van der Waals surface area contributed by atoms with Crippen LogP contribution in [0.3, 0.4) is 0 Å². The summed E-state index contributed by atoms with van der Waals surface area (Å²) in [6.07, 6.45) is 1.06. The van der Waals surface area contributed by atoms with E-state index in [2.05, 4.69) is 19.2 Å². The third-order valence-electron chi connectivity index (χ3n) is 1.40. The van der Waals surface area contributed by atoms with Gasteiger partial charge in [-0.1, -0.05) is 26.1 Å². The SMILES string of the molecule is CC1(C)CNC(=S)C1. The Bertz CT molecular complexity index is 118. The van der Waals surface area contributed by atoms with E-state index < -0.39 is 0 Å².